The molecule has 1 heterocycles. The average Bonchev–Trinajstić information content (AvgIpc) is 2.26. The Bertz CT molecular complexity index is 552. The molecule has 1 aromatic carbocycles. The quantitative estimate of drug-likeness (QED) is 0.724. The first-order chi connectivity index (χ1) is 8.56. The predicted octanol–water partition coefficient (Wildman–Crippen LogP) is 5.23. The molecule has 0 aliphatic heterocycles. The van der Waals surface area contributed by atoms with Gasteiger partial charge in [0.25, 0.3) is 0 Å². The third kappa shape index (κ3) is 3.52. The van der Waals surface area contributed by atoms with Crippen molar-refractivity contribution in [2.45, 2.75) is 12.8 Å². The van der Waals surface area contributed by atoms with E-state index in [2.05, 4.69) is 4.98 Å². The predicted molar refractivity (Wildman–Crippen MR) is 75.1 cm³/mol. The van der Waals surface area contributed by atoms with E-state index in [9.17, 15) is 0 Å². The van der Waals surface area contributed by atoms with Gasteiger partial charge in [0.2, 0.25) is 5.88 Å². The topological polar surface area (TPSA) is 22.1 Å². The summed E-state index contributed by atoms with van der Waals surface area (Å²) in [6, 6.07) is 8.69. The van der Waals surface area contributed by atoms with Gasteiger partial charge in [0, 0.05) is 27.7 Å². The number of benzene rings is 1. The van der Waals surface area contributed by atoms with Crippen molar-refractivity contribution in [2.75, 3.05) is 0 Å². The zero-order chi connectivity index (χ0) is 13.1. The van der Waals surface area contributed by atoms with Crippen molar-refractivity contribution >= 4 is 34.8 Å². The summed E-state index contributed by atoms with van der Waals surface area (Å²) in [5.41, 5.74) is 1.79. The lowest BCUT2D eigenvalue weighted by molar-refractivity contribution is 0.461. The average molecular weight is 303 g/mol. The van der Waals surface area contributed by atoms with Crippen molar-refractivity contribution in [3.05, 3.63) is 51.6 Å². The van der Waals surface area contributed by atoms with E-state index in [-0.39, 0.29) is 0 Å². The van der Waals surface area contributed by atoms with Crippen LogP contribution in [0.1, 0.15) is 11.3 Å². The highest BCUT2D eigenvalue weighted by molar-refractivity contribution is 6.34. The molecule has 0 aliphatic rings. The Morgan fingerprint density at radius 2 is 1.72 bits per heavy atom. The van der Waals surface area contributed by atoms with Crippen LogP contribution in [0.15, 0.2) is 30.3 Å². The molecule has 0 unspecified atom stereocenters. The number of aryl methyl sites for hydroxylation is 1. The van der Waals surface area contributed by atoms with Crippen LogP contribution >= 0.6 is 34.8 Å². The molecule has 94 valence electrons. The number of halogens is 3. The number of rotatable bonds is 3. The number of alkyl halides is 1. The molecule has 0 saturated carbocycles. The second-order valence-electron chi connectivity index (χ2n) is 3.80. The van der Waals surface area contributed by atoms with Crippen LogP contribution in [0.4, 0.5) is 0 Å². The molecule has 0 aliphatic carbocycles. The van der Waals surface area contributed by atoms with E-state index in [0.29, 0.717) is 27.6 Å². The summed E-state index contributed by atoms with van der Waals surface area (Å²) in [5.74, 6) is 1.44. The Morgan fingerprint density at radius 3 is 2.33 bits per heavy atom. The Hall–Kier alpha value is -0.960. The molecule has 0 atom stereocenters. The largest absolute Gasteiger partial charge is 0.439 e. The number of hydrogen-bond donors (Lipinski definition) is 0. The van der Waals surface area contributed by atoms with Crippen LogP contribution in [0.25, 0.3) is 0 Å². The molecule has 0 fully saturated rings. The summed E-state index contributed by atoms with van der Waals surface area (Å²) in [6.45, 7) is 1.88. The number of ether oxygens (including phenoxy) is 1. The van der Waals surface area contributed by atoms with E-state index in [1.54, 1.807) is 24.3 Å². The minimum atomic E-state index is 0.413. The maximum Gasteiger partial charge on any atom is 0.219 e. The highest BCUT2D eigenvalue weighted by Gasteiger charge is 2.04. The second kappa shape index (κ2) is 5.79. The molecule has 5 heteroatoms. The molecule has 0 N–H and O–H groups in total. The number of nitrogens with zero attached hydrogens (tertiary/aromatic N) is 1. The van der Waals surface area contributed by atoms with Gasteiger partial charge in [-0.1, -0.05) is 23.2 Å². The smallest absolute Gasteiger partial charge is 0.219 e. The minimum Gasteiger partial charge on any atom is -0.439 e. The fourth-order valence-electron chi connectivity index (χ4n) is 1.54. The summed E-state index contributed by atoms with van der Waals surface area (Å²) in [4.78, 5) is 4.27. The number of hydrogen-bond acceptors (Lipinski definition) is 2. The van der Waals surface area contributed by atoms with Crippen LogP contribution in [-0.4, -0.2) is 4.98 Å². The van der Waals surface area contributed by atoms with Crippen molar-refractivity contribution < 1.29 is 4.74 Å². The van der Waals surface area contributed by atoms with Crippen LogP contribution in [0.2, 0.25) is 10.0 Å². The standard InChI is InChI=1S/C13H10Cl3NO/c1-8-2-9(7-14)3-13(17-8)18-12-5-10(15)4-11(16)6-12/h2-6H,7H2,1H3. The van der Waals surface area contributed by atoms with Crippen LogP contribution in [-0.2, 0) is 5.88 Å². The Labute approximate surface area is 120 Å². The van der Waals surface area contributed by atoms with Gasteiger partial charge in [-0.25, -0.2) is 4.98 Å². The molecular formula is C13H10Cl3NO. The van der Waals surface area contributed by atoms with E-state index in [1.807, 2.05) is 13.0 Å². The van der Waals surface area contributed by atoms with Gasteiger partial charge in [-0.15, -0.1) is 11.6 Å². The van der Waals surface area contributed by atoms with E-state index < -0.39 is 0 Å². The maximum absolute atomic E-state index is 5.90. The highest BCUT2D eigenvalue weighted by atomic mass is 35.5. The first-order valence-electron chi connectivity index (χ1n) is 5.24. The monoisotopic (exact) mass is 301 g/mol. The molecule has 2 rings (SSSR count). The Kier molecular flexibility index (Phi) is 4.33. The molecule has 0 bridgehead atoms. The minimum absolute atomic E-state index is 0.413. The van der Waals surface area contributed by atoms with Crippen molar-refractivity contribution in [1.82, 2.24) is 4.98 Å². The third-order valence-electron chi connectivity index (χ3n) is 2.20. The molecule has 18 heavy (non-hydrogen) atoms. The van der Waals surface area contributed by atoms with Crippen LogP contribution in [0.3, 0.4) is 0 Å². The molecule has 0 amide bonds. The highest BCUT2D eigenvalue weighted by Crippen LogP contribution is 2.28. The normalized spacial score (nSPS) is 10.4. The summed E-state index contributed by atoms with van der Waals surface area (Å²) in [7, 11) is 0. The van der Waals surface area contributed by atoms with E-state index in [0.717, 1.165) is 11.3 Å². The molecule has 2 nitrogen and oxygen atoms in total. The van der Waals surface area contributed by atoms with Gasteiger partial charge in [-0.2, -0.15) is 0 Å². The second-order valence-corrected chi connectivity index (χ2v) is 4.94. The zero-order valence-electron chi connectivity index (χ0n) is 9.58. The van der Waals surface area contributed by atoms with Crippen LogP contribution in [0.5, 0.6) is 11.6 Å². The zero-order valence-corrected chi connectivity index (χ0v) is 11.9. The lowest BCUT2D eigenvalue weighted by atomic mass is 10.2. The summed E-state index contributed by atoms with van der Waals surface area (Å²) in [6.07, 6.45) is 0. The van der Waals surface area contributed by atoms with Gasteiger partial charge in [0.1, 0.15) is 5.75 Å². The van der Waals surface area contributed by atoms with E-state index >= 15 is 0 Å². The van der Waals surface area contributed by atoms with Crippen LogP contribution in [0, 0.1) is 6.92 Å². The van der Waals surface area contributed by atoms with Gasteiger partial charge in [-0.05, 0) is 36.8 Å². The third-order valence-corrected chi connectivity index (χ3v) is 2.95. The fourth-order valence-corrected chi connectivity index (χ4v) is 2.20. The van der Waals surface area contributed by atoms with Gasteiger partial charge >= 0.3 is 0 Å². The van der Waals surface area contributed by atoms with Gasteiger partial charge in [0.15, 0.2) is 0 Å². The first kappa shape index (κ1) is 13.5. The van der Waals surface area contributed by atoms with Gasteiger partial charge in [0.05, 0.1) is 0 Å². The Balaban J connectivity index is 2.30. The molecular weight excluding hydrogens is 293 g/mol. The maximum atomic E-state index is 5.90. The first-order valence-corrected chi connectivity index (χ1v) is 6.53. The van der Waals surface area contributed by atoms with Crippen molar-refractivity contribution in [3.63, 3.8) is 0 Å². The molecule has 0 radical (unpaired) electrons. The fraction of sp³-hybridized carbons (Fsp3) is 0.154. The molecule has 2 aromatic rings. The van der Waals surface area contributed by atoms with Crippen molar-refractivity contribution in [2.24, 2.45) is 0 Å². The van der Waals surface area contributed by atoms with Crippen molar-refractivity contribution in [3.8, 4) is 11.6 Å². The van der Waals surface area contributed by atoms with Crippen LogP contribution < -0.4 is 4.74 Å². The van der Waals surface area contributed by atoms with Crippen molar-refractivity contribution in [1.29, 1.82) is 0 Å². The number of pyridine rings is 1. The Morgan fingerprint density at radius 1 is 1.06 bits per heavy atom. The van der Waals surface area contributed by atoms with Gasteiger partial charge in [-0.3, -0.25) is 0 Å². The lowest BCUT2D eigenvalue weighted by Crippen LogP contribution is -1.92. The van der Waals surface area contributed by atoms with E-state index in [1.165, 1.54) is 0 Å². The summed E-state index contributed by atoms with van der Waals surface area (Å²) >= 11 is 17.6. The molecule has 1 aromatic heterocycles. The summed E-state index contributed by atoms with van der Waals surface area (Å²) in [5, 5.41) is 1.03. The van der Waals surface area contributed by atoms with Gasteiger partial charge < -0.3 is 4.74 Å². The lowest BCUT2D eigenvalue weighted by Gasteiger charge is -2.08. The van der Waals surface area contributed by atoms with E-state index in [4.69, 9.17) is 39.5 Å². The number of aromatic nitrogens is 1. The molecule has 0 spiro atoms. The SMILES string of the molecule is Cc1cc(CCl)cc(Oc2cc(Cl)cc(Cl)c2)n1. The molecule has 0 saturated heterocycles. The summed E-state index contributed by atoms with van der Waals surface area (Å²) < 4.78 is 5.62.